The number of rotatable bonds is 27. The Hall–Kier alpha value is -6.69. The number of fused-ring (bicyclic) bond motifs is 2. The maximum atomic E-state index is 15.1. The second kappa shape index (κ2) is 34.2. The number of Topliss-reactive ketones (excluding diaryl/α,β-unsaturated/α-hetero) is 1. The van der Waals surface area contributed by atoms with Crippen LogP contribution in [0.25, 0.3) is 0 Å². The Labute approximate surface area is 489 Å². The molecule has 0 aliphatic carbocycles. The minimum atomic E-state index is -1.70. The van der Waals surface area contributed by atoms with Crippen LogP contribution in [0.3, 0.4) is 0 Å². The predicted molar refractivity (Wildman–Crippen MR) is 305 cm³/mol. The van der Waals surface area contributed by atoms with Crippen LogP contribution in [0.1, 0.15) is 140 Å². The van der Waals surface area contributed by atoms with Crippen LogP contribution in [0.2, 0.25) is 0 Å². The maximum Gasteiger partial charge on any atom is 0.332 e. The fourth-order valence-electron chi connectivity index (χ4n) is 9.41. The normalized spacial score (nSPS) is 22.6. The first-order chi connectivity index (χ1) is 39.0. The zero-order valence-corrected chi connectivity index (χ0v) is 51.1. The van der Waals surface area contributed by atoms with Crippen LogP contribution in [-0.4, -0.2) is 176 Å². The van der Waals surface area contributed by atoms with Crippen molar-refractivity contribution in [2.24, 2.45) is 35.3 Å². The van der Waals surface area contributed by atoms with Gasteiger partial charge in [0.05, 0.1) is 19.8 Å². The van der Waals surface area contributed by atoms with Gasteiger partial charge in [-0.25, -0.2) is 9.59 Å². The van der Waals surface area contributed by atoms with E-state index in [9.17, 15) is 47.9 Å². The summed E-state index contributed by atoms with van der Waals surface area (Å²) in [7, 11) is 1.45. The van der Waals surface area contributed by atoms with Crippen molar-refractivity contribution < 1.29 is 76.4 Å². The van der Waals surface area contributed by atoms with E-state index in [0.29, 0.717) is 30.6 Å². The van der Waals surface area contributed by atoms with Crippen LogP contribution >= 0.6 is 0 Å². The summed E-state index contributed by atoms with van der Waals surface area (Å²) in [6.45, 7) is 21.1. The lowest BCUT2D eigenvalue weighted by Crippen LogP contribution is -2.63. The Morgan fingerprint density at radius 2 is 1.47 bits per heavy atom. The number of ether oxygens (including phenoxy) is 5. The summed E-state index contributed by atoms with van der Waals surface area (Å²) in [4.78, 5) is 155. The van der Waals surface area contributed by atoms with E-state index in [0.717, 1.165) is 0 Å². The van der Waals surface area contributed by atoms with Gasteiger partial charge in [0.15, 0.2) is 6.61 Å². The van der Waals surface area contributed by atoms with Gasteiger partial charge in [0.25, 0.3) is 5.91 Å². The number of primary amides is 1. The summed E-state index contributed by atoms with van der Waals surface area (Å²) in [5.41, 5.74) is 5.37. The Kier molecular flexibility index (Phi) is 29.1. The van der Waals surface area contributed by atoms with Gasteiger partial charge < -0.3 is 65.8 Å². The van der Waals surface area contributed by atoms with E-state index >= 15 is 4.79 Å². The quantitative estimate of drug-likeness (QED) is 0.0544. The molecule has 2 aliphatic heterocycles. The van der Waals surface area contributed by atoms with Crippen molar-refractivity contribution >= 4 is 65.0 Å². The standard InChI is InChI=1S/C59H94N8O16/c1-14-36(7)49-58(78)82-38(9)50(65-52(72)40(20-23-46(60)69)31-45(68)35(5)6)55(75)63-43(29-34(3)4)53(73)62-42-17-16-25-67(56(42)76)51(37(8)15-2)57(77)66(13)44(54(74)64-49)30-39-18-21-41(22-19-39)81-32-47(70)61-24-26-79-27-28-80-33-48(71)83-59(10,11)12/h18-19,21-22,34-38,40,42-44,49-51H,14-17,20,23-33H2,1-13H3,(H2,60,69)(H,61,70)(H,62,73)(H,63,75)(H,64,74)(H,65,72)/t36?,37?,38-,40-,42?,43+,44+,49+,50+,51+/m1/s1. The van der Waals surface area contributed by atoms with E-state index in [1.165, 1.54) is 23.8 Å². The molecule has 24 nitrogen and oxygen atoms in total. The number of hydrogen-bond acceptors (Lipinski definition) is 16. The van der Waals surface area contributed by atoms with Crippen LogP contribution in [0.4, 0.5) is 0 Å². The molecule has 0 aromatic heterocycles. The number of likely N-dealkylation sites (N-methyl/N-ethyl adjacent to an activating group) is 1. The summed E-state index contributed by atoms with van der Waals surface area (Å²) < 4.78 is 27.7. The molecule has 10 atom stereocenters. The summed E-state index contributed by atoms with van der Waals surface area (Å²) in [6, 6.07) is -1.39. The van der Waals surface area contributed by atoms with Crippen molar-refractivity contribution in [2.75, 3.05) is 53.2 Å². The van der Waals surface area contributed by atoms with E-state index < -0.39 is 131 Å². The number of carbonyl (C=O) groups is 11. The molecular weight excluding hydrogens is 1080 g/mol. The van der Waals surface area contributed by atoms with Crippen molar-refractivity contribution in [1.82, 2.24) is 36.4 Å². The maximum absolute atomic E-state index is 15.1. The van der Waals surface area contributed by atoms with E-state index in [-0.39, 0.29) is 96.4 Å². The number of esters is 2. The third-order valence-electron chi connectivity index (χ3n) is 14.6. The Morgan fingerprint density at radius 3 is 2.07 bits per heavy atom. The SMILES string of the molecule is CCC(C)[C@@H]1NC(=O)[C@H](Cc2ccc(OCC(=O)NCCOCCOCC(=O)OC(C)(C)C)cc2)N(C)C(=O)[C@H](C(C)CC)N2CCCC(NC(=O)[C@H](CC(C)C)NC(=O)[C@@H](NC(=O)[C@H](CCC(N)=O)CC(=O)C(C)C)[C@@H](C)OC1=O)C2=O. The molecule has 7 N–H and O–H groups in total. The molecule has 3 unspecified atom stereocenters. The molecule has 8 amide bonds. The summed E-state index contributed by atoms with van der Waals surface area (Å²) in [6.07, 6.45) is -0.821. The van der Waals surface area contributed by atoms with Crippen molar-refractivity contribution in [3.05, 3.63) is 29.8 Å². The minimum Gasteiger partial charge on any atom is -0.484 e. The lowest BCUT2D eigenvalue weighted by Gasteiger charge is -2.42. The monoisotopic (exact) mass is 1170 g/mol. The summed E-state index contributed by atoms with van der Waals surface area (Å²) in [5, 5.41) is 13.7. The number of ketones is 1. The number of amides is 8. The molecule has 0 saturated carbocycles. The molecular formula is C59H94N8O16. The van der Waals surface area contributed by atoms with Gasteiger partial charge >= 0.3 is 11.9 Å². The predicted octanol–water partition coefficient (Wildman–Crippen LogP) is 2.44. The van der Waals surface area contributed by atoms with E-state index in [1.54, 1.807) is 72.7 Å². The molecule has 3 rings (SSSR count). The molecule has 83 heavy (non-hydrogen) atoms. The number of piperidine rings is 1. The van der Waals surface area contributed by atoms with Gasteiger partial charge in [-0.3, -0.25) is 43.2 Å². The summed E-state index contributed by atoms with van der Waals surface area (Å²) >= 11 is 0. The van der Waals surface area contributed by atoms with Crippen molar-refractivity contribution in [3.63, 3.8) is 0 Å². The number of hydrogen-bond donors (Lipinski definition) is 6. The molecule has 466 valence electrons. The van der Waals surface area contributed by atoms with Gasteiger partial charge in [-0.1, -0.05) is 80.4 Å². The topological polar surface area (TPSA) is 327 Å². The average molecular weight is 1170 g/mol. The van der Waals surface area contributed by atoms with Gasteiger partial charge in [-0.15, -0.1) is 0 Å². The number of nitrogens with one attached hydrogen (secondary N) is 5. The van der Waals surface area contributed by atoms with Gasteiger partial charge in [-0.05, 0) is 88.8 Å². The lowest BCUT2D eigenvalue weighted by atomic mass is 9.91. The van der Waals surface area contributed by atoms with Crippen LogP contribution in [0.15, 0.2) is 24.3 Å². The first-order valence-corrected chi connectivity index (χ1v) is 29.1. The molecule has 2 bridgehead atoms. The smallest absolute Gasteiger partial charge is 0.332 e. The molecule has 1 aromatic carbocycles. The number of carbonyl (C=O) groups excluding carboxylic acids is 11. The van der Waals surface area contributed by atoms with E-state index in [4.69, 9.17) is 29.4 Å². The van der Waals surface area contributed by atoms with Crippen LogP contribution < -0.4 is 37.1 Å². The van der Waals surface area contributed by atoms with Crippen molar-refractivity contribution in [1.29, 1.82) is 0 Å². The van der Waals surface area contributed by atoms with E-state index in [1.807, 2.05) is 27.7 Å². The van der Waals surface area contributed by atoms with Crippen molar-refractivity contribution in [3.8, 4) is 5.75 Å². The van der Waals surface area contributed by atoms with Crippen LogP contribution in [-0.2, 0) is 78.1 Å². The van der Waals surface area contributed by atoms with Gasteiger partial charge in [0.2, 0.25) is 41.4 Å². The second-order valence-electron chi connectivity index (χ2n) is 23.5. The molecule has 24 heteroatoms. The van der Waals surface area contributed by atoms with Gasteiger partial charge in [-0.2, -0.15) is 0 Å². The first-order valence-electron chi connectivity index (χ1n) is 29.1. The molecule has 0 spiro atoms. The van der Waals surface area contributed by atoms with E-state index in [2.05, 4.69) is 26.6 Å². The third kappa shape index (κ3) is 23.5. The number of nitrogens with two attached hydrogens (primary N) is 1. The fourth-order valence-corrected chi connectivity index (χ4v) is 9.41. The highest BCUT2D eigenvalue weighted by molar-refractivity contribution is 5.98. The molecule has 0 radical (unpaired) electrons. The largest absolute Gasteiger partial charge is 0.484 e. The molecule has 2 aliphatic rings. The van der Waals surface area contributed by atoms with Gasteiger partial charge in [0.1, 0.15) is 66.1 Å². The molecule has 2 fully saturated rings. The Bertz CT molecular complexity index is 2380. The third-order valence-corrected chi connectivity index (χ3v) is 14.6. The first kappa shape index (κ1) is 70.6. The number of cyclic esters (lactones) is 1. The summed E-state index contributed by atoms with van der Waals surface area (Å²) in [5.74, 6) is -9.77. The molecule has 1 aromatic rings. The van der Waals surface area contributed by atoms with Crippen LogP contribution in [0, 0.1) is 29.6 Å². The molecule has 2 heterocycles. The second-order valence-corrected chi connectivity index (χ2v) is 23.5. The zero-order valence-electron chi connectivity index (χ0n) is 51.1. The average Bonchev–Trinajstić information content (AvgIpc) is 3.41. The highest BCUT2D eigenvalue weighted by Crippen LogP contribution is 2.26. The van der Waals surface area contributed by atoms with Crippen molar-refractivity contribution in [2.45, 2.75) is 189 Å². The Balaban J connectivity index is 2.02. The Morgan fingerprint density at radius 1 is 0.819 bits per heavy atom. The number of benzene rings is 1. The highest BCUT2D eigenvalue weighted by atomic mass is 16.6. The number of nitrogens with zero attached hydrogens (tertiary/aromatic N) is 2. The fraction of sp³-hybridized carbons (Fsp3) is 0.712. The van der Waals surface area contributed by atoms with Crippen LogP contribution in [0.5, 0.6) is 5.75 Å². The molecule has 2 saturated heterocycles. The highest BCUT2D eigenvalue weighted by Gasteiger charge is 2.45. The zero-order chi connectivity index (χ0) is 62.3. The van der Waals surface area contributed by atoms with Gasteiger partial charge in [0, 0.05) is 51.2 Å². The lowest BCUT2D eigenvalue weighted by molar-refractivity contribution is -0.161. The minimum absolute atomic E-state index is 0.0764.